The lowest BCUT2D eigenvalue weighted by atomic mass is 9.77. The molecule has 1 spiro atoms. The van der Waals surface area contributed by atoms with Crippen LogP contribution in [0.25, 0.3) is 32.7 Å². The van der Waals surface area contributed by atoms with E-state index in [1.54, 1.807) is 6.07 Å². The summed E-state index contributed by atoms with van der Waals surface area (Å²) in [5.74, 6) is 0.185. The largest absolute Gasteiger partial charge is 0.459 e. The van der Waals surface area contributed by atoms with Crippen molar-refractivity contribution in [3.63, 3.8) is 0 Å². The van der Waals surface area contributed by atoms with E-state index >= 15 is 0 Å². The number of hydrogen-bond donors (Lipinski definition) is 0. The Bertz CT molecular complexity index is 1940. The van der Waals surface area contributed by atoms with Crippen LogP contribution in [0.5, 0.6) is 5.75 Å². The molecule has 0 aromatic heterocycles. The van der Waals surface area contributed by atoms with Crippen molar-refractivity contribution < 1.29 is 14.3 Å². The van der Waals surface area contributed by atoms with Gasteiger partial charge in [-0.2, -0.15) is 0 Å². The van der Waals surface area contributed by atoms with E-state index in [2.05, 4.69) is 74.3 Å². The molecule has 7 rings (SSSR count). The summed E-state index contributed by atoms with van der Waals surface area (Å²) < 4.78 is 7.05. The standard InChI is InChI=1S/C35H28N2O3/c1-21-16-17-23(24-12-9-13-26(32(21)24)30(39)19-38)27-18-31-33(25-11-6-5-10-22(25)27)36-20-35(40-31)34(2,3)28-14-7-8-15-29(28)37(35)4/h5-20H,1-4H3. The van der Waals surface area contributed by atoms with Crippen molar-refractivity contribution in [1.82, 2.24) is 0 Å². The third-order valence-corrected chi connectivity index (χ3v) is 8.86. The first-order valence-corrected chi connectivity index (χ1v) is 13.4. The molecule has 2 aliphatic rings. The molecule has 5 nitrogen and oxygen atoms in total. The maximum Gasteiger partial charge on any atom is 0.228 e. The van der Waals surface area contributed by atoms with E-state index in [1.807, 2.05) is 43.5 Å². The number of hydrogen-bond acceptors (Lipinski definition) is 5. The van der Waals surface area contributed by atoms with Crippen molar-refractivity contribution in [2.24, 2.45) is 4.99 Å². The Morgan fingerprint density at radius 1 is 0.875 bits per heavy atom. The van der Waals surface area contributed by atoms with Crippen LogP contribution in [0.3, 0.4) is 0 Å². The minimum absolute atomic E-state index is 0.369. The van der Waals surface area contributed by atoms with Gasteiger partial charge in [0.15, 0.2) is 6.29 Å². The molecule has 196 valence electrons. The number of para-hydroxylation sites is 1. The zero-order valence-corrected chi connectivity index (χ0v) is 22.9. The summed E-state index contributed by atoms with van der Waals surface area (Å²) in [6, 6.07) is 28.4. The number of benzene rings is 5. The van der Waals surface area contributed by atoms with Crippen LogP contribution in [0.15, 0.2) is 89.9 Å². The van der Waals surface area contributed by atoms with Crippen molar-refractivity contribution >= 4 is 51.2 Å². The lowest BCUT2D eigenvalue weighted by Crippen LogP contribution is -2.61. The summed E-state index contributed by atoms with van der Waals surface area (Å²) in [4.78, 5) is 31.3. The SMILES string of the molecule is Cc1ccc(-c2cc3c(c4ccccc24)N=CC2(O3)N(C)c3ccccc3C2(C)C)c2cccc(C(=O)C=O)c12. The average Bonchev–Trinajstić information content (AvgIpc) is 3.14. The van der Waals surface area contributed by atoms with E-state index in [9.17, 15) is 9.59 Å². The van der Waals surface area contributed by atoms with Gasteiger partial charge in [-0.3, -0.25) is 14.6 Å². The maximum atomic E-state index is 12.6. The molecule has 5 heteroatoms. The monoisotopic (exact) mass is 524 g/mol. The van der Waals surface area contributed by atoms with E-state index in [1.165, 1.54) is 5.56 Å². The van der Waals surface area contributed by atoms with E-state index in [0.29, 0.717) is 17.6 Å². The highest BCUT2D eigenvalue weighted by Crippen LogP contribution is 2.55. The van der Waals surface area contributed by atoms with Crippen LogP contribution in [0, 0.1) is 6.92 Å². The third-order valence-electron chi connectivity index (χ3n) is 8.86. The van der Waals surface area contributed by atoms with Crippen molar-refractivity contribution in [3.05, 3.63) is 102 Å². The highest BCUT2D eigenvalue weighted by atomic mass is 16.5. The topological polar surface area (TPSA) is 59.0 Å². The van der Waals surface area contributed by atoms with E-state index < -0.39 is 11.5 Å². The van der Waals surface area contributed by atoms with Crippen molar-refractivity contribution in [3.8, 4) is 16.9 Å². The van der Waals surface area contributed by atoms with Gasteiger partial charge in [0.05, 0.1) is 11.6 Å². The lowest BCUT2D eigenvalue weighted by molar-refractivity contribution is -0.104. The Balaban J connectivity index is 1.49. The van der Waals surface area contributed by atoms with E-state index in [0.717, 1.165) is 49.6 Å². The number of anilines is 1. The van der Waals surface area contributed by atoms with Crippen LogP contribution in [0.4, 0.5) is 11.4 Å². The number of Topliss-reactive ketones (excluding diaryl/α,β-unsaturated/α-hetero) is 1. The Kier molecular flexibility index (Phi) is 5.08. The third kappa shape index (κ3) is 3.06. The average molecular weight is 525 g/mol. The molecule has 40 heavy (non-hydrogen) atoms. The molecule has 1 unspecified atom stereocenters. The Morgan fingerprint density at radius 3 is 2.38 bits per heavy atom. The fraction of sp³-hybridized carbons (Fsp3) is 0.171. The van der Waals surface area contributed by atoms with Gasteiger partial charge in [0.25, 0.3) is 0 Å². The van der Waals surface area contributed by atoms with Crippen molar-refractivity contribution in [2.75, 3.05) is 11.9 Å². The zero-order chi connectivity index (χ0) is 27.8. The second-order valence-corrected chi connectivity index (χ2v) is 11.2. The van der Waals surface area contributed by atoms with Gasteiger partial charge in [0.1, 0.15) is 11.4 Å². The van der Waals surface area contributed by atoms with Crippen LogP contribution in [0.1, 0.15) is 35.3 Å². The summed E-state index contributed by atoms with van der Waals surface area (Å²) in [5.41, 5.74) is 5.28. The van der Waals surface area contributed by atoms with E-state index in [-0.39, 0.29) is 5.41 Å². The number of fused-ring (bicyclic) bond motifs is 5. The minimum atomic E-state index is -0.803. The van der Waals surface area contributed by atoms with Crippen molar-refractivity contribution in [2.45, 2.75) is 31.9 Å². The molecule has 2 aliphatic heterocycles. The van der Waals surface area contributed by atoms with Crippen LogP contribution in [0.2, 0.25) is 0 Å². The Morgan fingerprint density at radius 2 is 1.60 bits per heavy atom. The molecule has 0 fully saturated rings. The molecule has 0 saturated heterocycles. The molecular formula is C35H28N2O3. The Labute approximate surface area is 232 Å². The first kappa shape index (κ1) is 24.3. The summed E-state index contributed by atoms with van der Waals surface area (Å²) in [6.07, 6.45) is 2.35. The van der Waals surface area contributed by atoms with Crippen LogP contribution >= 0.6 is 0 Å². The summed E-state index contributed by atoms with van der Waals surface area (Å²) in [7, 11) is 2.06. The molecule has 0 radical (unpaired) electrons. The second kappa shape index (κ2) is 8.36. The summed E-state index contributed by atoms with van der Waals surface area (Å²) in [6.45, 7) is 6.37. The number of aryl methyl sites for hydroxylation is 1. The number of carbonyl (C=O) groups is 2. The summed E-state index contributed by atoms with van der Waals surface area (Å²) >= 11 is 0. The van der Waals surface area contributed by atoms with Gasteiger partial charge in [-0.05, 0) is 71.3 Å². The van der Waals surface area contributed by atoms with E-state index in [4.69, 9.17) is 9.73 Å². The lowest BCUT2D eigenvalue weighted by Gasteiger charge is -2.45. The predicted octanol–water partition coefficient (Wildman–Crippen LogP) is 7.57. The van der Waals surface area contributed by atoms with Gasteiger partial charge in [-0.15, -0.1) is 0 Å². The number of likely N-dealkylation sites (N-methyl/N-ethyl adjacent to an activating group) is 1. The molecule has 0 amide bonds. The van der Waals surface area contributed by atoms with Gasteiger partial charge in [-0.1, -0.05) is 72.8 Å². The zero-order valence-electron chi connectivity index (χ0n) is 22.9. The molecule has 0 saturated carbocycles. The predicted molar refractivity (Wildman–Crippen MR) is 161 cm³/mol. The van der Waals surface area contributed by atoms with Gasteiger partial charge in [0.2, 0.25) is 11.5 Å². The number of nitrogens with zero attached hydrogens (tertiary/aromatic N) is 2. The maximum absolute atomic E-state index is 12.6. The molecule has 0 aliphatic carbocycles. The van der Waals surface area contributed by atoms with Crippen molar-refractivity contribution in [1.29, 1.82) is 0 Å². The van der Waals surface area contributed by atoms with Gasteiger partial charge in [0, 0.05) is 23.7 Å². The minimum Gasteiger partial charge on any atom is -0.459 e. The molecule has 0 bridgehead atoms. The fourth-order valence-corrected chi connectivity index (χ4v) is 6.73. The molecule has 5 aromatic carbocycles. The second-order valence-electron chi connectivity index (χ2n) is 11.2. The quantitative estimate of drug-likeness (QED) is 0.139. The van der Waals surface area contributed by atoms with Gasteiger partial charge >= 0.3 is 0 Å². The smallest absolute Gasteiger partial charge is 0.228 e. The molecular weight excluding hydrogens is 496 g/mol. The van der Waals surface area contributed by atoms with Crippen LogP contribution in [-0.4, -0.2) is 31.1 Å². The van der Waals surface area contributed by atoms with Gasteiger partial charge in [-0.25, -0.2) is 0 Å². The normalized spacial score (nSPS) is 18.6. The molecule has 2 heterocycles. The number of aliphatic imine (C=N–C) groups is 1. The number of ether oxygens (including phenoxy) is 1. The first-order chi connectivity index (χ1) is 19.3. The first-order valence-electron chi connectivity index (χ1n) is 13.4. The van der Waals surface area contributed by atoms with Gasteiger partial charge < -0.3 is 9.64 Å². The highest BCUT2D eigenvalue weighted by Gasteiger charge is 2.58. The van der Waals surface area contributed by atoms with Crippen LogP contribution < -0.4 is 9.64 Å². The molecule has 0 N–H and O–H groups in total. The Hall–Kier alpha value is -4.77. The number of carbonyl (C=O) groups excluding carboxylic acids is 2. The number of ketones is 1. The molecule has 5 aromatic rings. The number of aldehydes is 1. The highest BCUT2D eigenvalue weighted by molar-refractivity contribution is 6.37. The molecule has 1 atom stereocenters. The number of rotatable bonds is 3. The fourth-order valence-electron chi connectivity index (χ4n) is 6.73. The summed E-state index contributed by atoms with van der Waals surface area (Å²) in [5, 5.41) is 3.74. The van der Waals surface area contributed by atoms with Crippen LogP contribution in [-0.2, 0) is 10.2 Å².